The smallest absolute Gasteiger partial charge is 0.000950 e. The molecule has 4 N–H and O–H groups in total. The molecule has 1 fully saturated rings. The quantitative estimate of drug-likeness (QED) is 0.484. The summed E-state index contributed by atoms with van der Waals surface area (Å²) in [6.45, 7) is 0. The molecule has 0 aliphatic carbocycles. The van der Waals surface area contributed by atoms with Crippen molar-refractivity contribution in [1.82, 2.24) is 0 Å². The molecule has 0 radical (unpaired) electrons. The van der Waals surface area contributed by atoms with E-state index in [0.717, 1.165) is 11.5 Å². The monoisotopic (exact) mass is 120 g/mol. The third kappa shape index (κ3) is 1.33. The van der Waals surface area contributed by atoms with Crippen molar-refractivity contribution >= 4 is 10.4 Å². The van der Waals surface area contributed by atoms with Crippen LogP contribution >= 0.6 is 10.4 Å². The predicted molar refractivity (Wildman–Crippen MR) is 34.9 cm³/mol. The van der Waals surface area contributed by atoms with Crippen LogP contribution in [0.1, 0.15) is 12.8 Å². The first-order valence-corrected chi connectivity index (χ1v) is 4.65. The summed E-state index contributed by atoms with van der Waals surface area (Å²) in [4.78, 5) is 0. The lowest BCUT2D eigenvalue weighted by Crippen LogP contribution is -2.21. The molecular formula is C4H12N2S. The maximum absolute atomic E-state index is 5.64. The van der Waals surface area contributed by atoms with Gasteiger partial charge in [-0.05, 0) is 12.8 Å². The van der Waals surface area contributed by atoms with Crippen LogP contribution in [0.2, 0.25) is 0 Å². The summed E-state index contributed by atoms with van der Waals surface area (Å²) in [5.74, 6) is 2.18. The van der Waals surface area contributed by atoms with E-state index >= 15 is 0 Å². The Labute approximate surface area is 45.8 Å². The van der Waals surface area contributed by atoms with Crippen molar-refractivity contribution in [3.63, 3.8) is 0 Å². The van der Waals surface area contributed by atoms with Crippen molar-refractivity contribution in [3.05, 3.63) is 0 Å². The predicted octanol–water partition coefficient (Wildman–Crippen LogP) is 0.332. The number of rotatable bonds is 0. The highest BCUT2D eigenvalue weighted by molar-refractivity contribution is 8.30. The lowest BCUT2D eigenvalue weighted by atomic mass is 10.4. The van der Waals surface area contributed by atoms with Gasteiger partial charge < -0.3 is 0 Å². The summed E-state index contributed by atoms with van der Waals surface area (Å²) in [5, 5.41) is 11.3. The molecule has 7 heavy (non-hydrogen) atoms. The molecule has 0 unspecified atom stereocenters. The van der Waals surface area contributed by atoms with E-state index in [0.29, 0.717) is 0 Å². The average molecular weight is 120 g/mol. The highest BCUT2D eigenvalue weighted by atomic mass is 32.3. The SMILES string of the molecule is NS1(N)CCCC1. The topological polar surface area (TPSA) is 52.0 Å². The van der Waals surface area contributed by atoms with Crippen molar-refractivity contribution in [1.29, 1.82) is 0 Å². The Hall–Kier alpha value is 0.270. The number of hydrogen-bond donors (Lipinski definition) is 2. The second-order valence-corrected chi connectivity index (χ2v) is 4.95. The lowest BCUT2D eigenvalue weighted by Gasteiger charge is -2.22. The van der Waals surface area contributed by atoms with E-state index in [1.807, 2.05) is 0 Å². The van der Waals surface area contributed by atoms with Crippen LogP contribution in [0, 0.1) is 0 Å². The Morgan fingerprint density at radius 1 is 1.00 bits per heavy atom. The lowest BCUT2D eigenvalue weighted by molar-refractivity contribution is 0.949. The summed E-state index contributed by atoms with van der Waals surface area (Å²) < 4.78 is 0. The van der Waals surface area contributed by atoms with Gasteiger partial charge in [0.15, 0.2) is 0 Å². The van der Waals surface area contributed by atoms with Gasteiger partial charge in [-0.25, -0.2) is 0 Å². The molecule has 1 aliphatic heterocycles. The second kappa shape index (κ2) is 1.65. The molecule has 1 saturated heterocycles. The molecule has 0 amide bonds. The Bertz CT molecular complexity index is 64.1. The van der Waals surface area contributed by atoms with Crippen LogP contribution in [0.25, 0.3) is 0 Å². The van der Waals surface area contributed by atoms with Gasteiger partial charge in [-0.3, -0.25) is 10.3 Å². The molecule has 0 aromatic carbocycles. The van der Waals surface area contributed by atoms with Crippen LogP contribution in [-0.4, -0.2) is 11.5 Å². The van der Waals surface area contributed by atoms with E-state index in [1.165, 1.54) is 12.8 Å². The molecular weight excluding hydrogens is 108 g/mol. The van der Waals surface area contributed by atoms with Crippen molar-refractivity contribution < 1.29 is 0 Å². The van der Waals surface area contributed by atoms with E-state index in [4.69, 9.17) is 10.3 Å². The third-order valence-corrected chi connectivity index (χ3v) is 3.40. The van der Waals surface area contributed by atoms with Gasteiger partial charge in [-0.1, -0.05) is 0 Å². The summed E-state index contributed by atoms with van der Waals surface area (Å²) in [6, 6.07) is 0. The van der Waals surface area contributed by atoms with Gasteiger partial charge in [0.05, 0.1) is 0 Å². The zero-order valence-corrected chi connectivity index (χ0v) is 5.21. The second-order valence-electron chi connectivity index (χ2n) is 2.12. The molecule has 1 aliphatic rings. The molecule has 2 nitrogen and oxygen atoms in total. The zero-order chi connectivity index (χ0) is 5.33. The number of hydrogen-bond acceptors (Lipinski definition) is 2. The van der Waals surface area contributed by atoms with Crippen molar-refractivity contribution in [3.8, 4) is 0 Å². The van der Waals surface area contributed by atoms with E-state index in [2.05, 4.69) is 0 Å². The normalized spacial score (nSPS) is 32.9. The van der Waals surface area contributed by atoms with Crippen molar-refractivity contribution in [2.75, 3.05) is 11.5 Å². The highest BCUT2D eigenvalue weighted by Gasteiger charge is 2.17. The van der Waals surface area contributed by atoms with Crippen LogP contribution in [0.3, 0.4) is 0 Å². The van der Waals surface area contributed by atoms with E-state index < -0.39 is 10.4 Å². The molecule has 0 bridgehead atoms. The van der Waals surface area contributed by atoms with Gasteiger partial charge >= 0.3 is 0 Å². The molecule has 0 atom stereocenters. The van der Waals surface area contributed by atoms with E-state index in [-0.39, 0.29) is 0 Å². The molecule has 0 aromatic heterocycles. The summed E-state index contributed by atoms with van der Waals surface area (Å²) in [6.07, 6.45) is 2.50. The van der Waals surface area contributed by atoms with E-state index in [9.17, 15) is 0 Å². The maximum atomic E-state index is 5.64. The van der Waals surface area contributed by atoms with Gasteiger partial charge in [0.1, 0.15) is 0 Å². The van der Waals surface area contributed by atoms with Crippen LogP contribution in [0.15, 0.2) is 0 Å². The summed E-state index contributed by atoms with van der Waals surface area (Å²) in [5.41, 5.74) is 0. The fraction of sp³-hybridized carbons (Fsp3) is 1.00. The molecule has 0 aromatic rings. The first-order chi connectivity index (χ1) is 3.21. The summed E-state index contributed by atoms with van der Waals surface area (Å²) in [7, 11) is -1.05. The molecule has 3 heteroatoms. The fourth-order valence-electron chi connectivity index (χ4n) is 0.844. The van der Waals surface area contributed by atoms with Gasteiger partial charge in [0.2, 0.25) is 0 Å². The van der Waals surface area contributed by atoms with Crippen LogP contribution in [0.4, 0.5) is 0 Å². The Kier molecular flexibility index (Phi) is 1.28. The molecule has 0 spiro atoms. The van der Waals surface area contributed by atoms with Crippen LogP contribution in [-0.2, 0) is 0 Å². The molecule has 0 saturated carbocycles. The molecule has 1 heterocycles. The Morgan fingerprint density at radius 2 is 1.43 bits per heavy atom. The van der Waals surface area contributed by atoms with Crippen LogP contribution in [0.5, 0.6) is 0 Å². The van der Waals surface area contributed by atoms with Gasteiger partial charge in [-0.2, -0.15) is 0 Å². The van der Waals surface area contributed by atoms with Gasteiger partial charge in [-0.15, -0.1) is 10.4 Å². The minimum Gasteiger partial charge on any atom is -0.284 e. The Balaban J connectivity index is 2.40. The summed E-state index contributed by atoms with van der Waals surface area (Å²) >= 11 is 0. The van der Waals surface area contributed by atoms with E-state index in [1.54, 1.807) is 0 Å². The first-order valence-electron chi connectivity index (χ1n) is 2.55. The third-order valence-electron chi connectivity index (χ3n) is 1.30. The maximum Gasteiger partial charge on any atom is 0.000950 e. The van der Waals surface area contributed by atoms with Gasteiger partial charge in [0.25, 0.3) is 0 Å². The largest absolute Gasteiger partial charge is 0.284 e. The highest BCUT2D eigenvalue weighted by Crippen LogP contribution is 2.38. The molecule has 44 valence electrons. The van der Waals surface area contributed by atoms with Gasteiger partial charge in [0, 0.05) is 11.5 Å². The fourth-order valence-corrected chi connectivity index (χ4v) is 2.53. The Morgan fingerprint density at radius 3 is 1.57 bits per heavy atom. The zero-order valence-electron chi connectivity index (χ0n) is 4.39. The minimum atomic E-state index is -1.05. The molecule has 1 rings (SSSR count). The van der Waals surface area contributed by atoms with Crippen molar-refractivity contribution in [2.24, 2.45) is 10.3 Å². The first kappa shape index (κ1) is 5.41. The average Bonchev–Trinajstić information content (AvgIpc) is 1.84. The minimum absolute atomic E-state index is 1.05. The van der Waals surface area contributed by atoms with Crippen molar-refractivity contribution in [2.45, 2.75) is 12.8 Å². The number of nitrogens with two attached hydrogens (primary N) is 2. The van der Waals surface area contributed by atoms with Crippen LogP contribution < -0.4 is 10.3 Å². The standard InChI is InChI=1S/C4H12N2S/c5-7(6)3-1-2-4-7/h1-6H2.